The summed E-state index contributed by atoms with van der Waals surface area (Å²) in [5.74, 6) is -1.98. The van der Waals surface area contributed by atoms with E-state index in [9.17, 15) is 19.1 Å². The van der Waals surface area contributed by atoms with Crippen LogP contribution in [0.1, 0.15) is 35.2 Å². The van der Waals surface area contributed by atoms with Crippen molar-refractivity contribution in [3.63, 3.8) is 0 Å². The van der Waals surface area contributed by atoms with Gasteiger partial charge in [-0.25, -0.2) is 9.37 Å². The molecule has 28 heavy (non-hydrogen) atoms. The summed E-state index contributed by atoms with van der Waals surface area (Å²) in [5, 5.41) is 12.0. The Kier molecular flexibility index (Phi) is 5.26. The first-order valence-electron chi connectivity index (χ1n) is 8.62. The van der Waals surface area contributed by atoms with E-state index in [1.54, 1.807) is 56.3 Å². The van der Waals surface area contributed by atoms with Crippen molar-refractivity contribution in [1.82, 2.24) is 10.3 Å². The summed E-state index contributed by atoms with van der Waals surface area (Å²) in [6, 6.07) is 14.8. The Balaban J connectivity index is 1.93. The average molecular weight is 382 g/mol. The molecule has 6 nitrogen and oxygen atoms in total. The molecule has 7 heteroatoms. The zero-order valence-corrected chi connectivity index (χ0v) is 15.4. The molecule has 1 aromatic heterocycles. The summed E-state index contributed by atoms with van der Waals surface area (Å²) in [4.78, 5) is 28.3. The number of carbonyl (C=O) groups is 2. The second-order valence-corrected chi connectivity index (χ2v) is 6.63. The van der Waals surface area contributed by atoms with Crippen LogP contribution in [0.3, 0.4) is 0 Å². The van der Waals surface area contributed by atoms with Crippen LogP contribution in [0.2, 0.25) is 0 Å². The monoisotopic (exact) mass is 382 g/mol. The molecule has 0 bridgehead atoms. The number of rotatable bonds is 6. The third kappa shape index (κ3) is 3.93. The van der Waals surface area contributed by atoms with Crippen LogP contribution in [0.4, 0.5) is 4.39 Å². The number of nitrogens with zero attached hydrogens (tertiary/aromatic N) is 1. The zero-order chi connectivity index (χ0) is 20.3. The van der Waals surface area contributed by atoms with Crippen LogP contribution in [-0.2, 0) is 10.3 Å². The highest BCUT2D eigenvalue weighted by molar-refractivity contribution is 5.94. The van der Waals surface area contributed by atoms with E-state index in [2.05, 4.69) is 10.3 Å². The number of hydrogen-bond acceptors (Lipinski definition) is 4. The SMILES string of the molecule is Cc1oc(-c2ccccc2F)nc1C(=O)N[C@@](C)(CC(=O)O)c1ccccc1. The molecule has 144 valence electrons. The molecule has 0 aliphatic carbocycles. The molecule has 1 atom stereocenters. The third-order valence-corrected chi connectivity index (χ3v) is 4.42. The van der Waals surface area contributed by atoms with E-state index in [0.717, 1.165) is 0 Å². The second kappa shape index (κ2) is 7.64. The molecule has 1 heterocycles. The average Bonchev–Trinajstić information content (AvgIpc) is 3.04. The first kappa shape index (κ1) is 19.3. The second-order valence-electron chi connectivity index (χ2n) is 6.63. The lowest BCUT2D eigenvalue weighted by Crippen LogP contribution is -2.45. The van der Waals surface area contributed by atoms with Gasteiger partial charge < -0.3 is 14.8 Å². The van der Waals surface area contributed by atoms with Crippen LogP contribution in [-0.4, -0.2) is 22.0 Å². The number of amides is 1. The third-order valence-electron chi connectivity index (χ3n) is 4.42. The van der Waals surface area contributed by atoms with Crippen LogP contribution in [0.25, 0.3) is 11.5 Å². The normalized spacial score (nSPS) is 13.0. The van der Waals surface area contributed by atoms with Crippen molar-refractivity contribution in [1.29, 1.82) is 0 Å². The van der Waals surface area contributed by atoms with Crippen molar-refractivity contribution in [3.8, 4) is 11.5 Å². The van der Waals surface area contributed by atoms with E-state index in [1.165, 1.54) is 12.1 Å². The lowest BCUT2D eigenvalue weighted by atomic mass is 9.88. The predicted octanol–water partition coefficient (Wildman–Crippen LogP) is 3.91. The minimum atomic E-state index is -1.16. The smallest absolute Gasteiger partial charge is 0.306 e. The van der Waals surface area contributed by atoms with Gasteiger partial charge in [0.2, 0.25) is 5.89 Å². The Morgan fingerprint density at radius 1 is 1.14 bits per heavy atom. The van der Waals surface area contributed by atoms with Crippen molar-refractivity contribution < 1.29 is 23.5 Å². The van der Waals surface area contributed by atoms with Gasteiger partial charge >= 0.3 is 5.97 Å². The number of carbonyl (C=O) groups excluding carboxylic acids is 1. The zero-order valence-electron chi connectivity index (χ0n) is 15.4. The summed E-state index contributed by atoms with van der Waals surface area (Å²) in [7, 11) is 0. The number of nitrogens with one attached hydrogen (secondary N) is 1. The van der Waals surface area contributed by atoms with Crippen molar-refractivity contribution in [2.24, 2.45) is 0 Å². The summed E-state index contributed by atoms with van der Waals surface area (Å²) >= 11 is 0. The predicted molar refractivity (Wildman–Crippen MR) is 100 cm³/mol. The van der Waals surface area contributed by atoms with E-state index in [1.807, 2.05) is 0 Å². The molecular weight excluding hydrogens is 363 g/mol. The van der Waals surface area contributed by atoms with Gasteiger partial charge in [-0.2, -0.15) is 0 Å². The Hall–Kier alpha value is -3.48. The number of carboxylic acid groups (broad SMARTS) is 1. The summed E-state index contributed by atoms with van der Waals surface area (Å²) in [5.41, 5.74) is -0.402. The quantitative estimate of drug-likeness (QED) is 0.674. The van der Waals surface area contributed by atoms with Crippen LogP contribution >= 0.6 is 0 Å². The van der Waals surface area contributed by atoms with E-state index in [-0.39, 0.29) is 29.3 Å². The van der Waals surface area contributed by atoms with Gasteiger partial charge in [0.25, 0.3) is 5.91 Å². The Morgan fingerprint density at radius 2 is 1.79 bits per heavy atom. The number of oxazole rings is 1. The Morgan fingerprint density at radius 3 is 2.43 bits per heavy atom. The van der Waals surface area contributed by atoms with Crippen molar-refractivity contribution in [3.05, 3.63) is 77.4 Å². The van der Waals surface area contributed by atoms with Gasteiger partial charge in [-0.05, 0) is 31.5 Å². The molecule has 2 aromatic carbocycles. The minimum absolute atomic E-state index is 0.0135. The molecule has 0 saturated carbocycles. The van der Waals surface area contributed by atoms with Crippen LogP contribution in [0.5, 0.6) is 0 Å². The summed E-state index contributed by atoms with van der Waals surface area (Å²) in [6.45, 7) is 3.17. The molecule has 0 aliphatic heterocycles. The fourth-order valence-electron chi connectivity index (χ4n) is 2.99. The number of aryl methyl sites for hydroxylation is 1. The molecule has 3 aromatic rings. The molecular formula is C21H19FN2O4. The summed E-state index contributed by atoms with van der Waals surface area (Å²) < 4.78 is 19.5. The highest BCUT2D eigenvalue weighted by Gasteiger charge is 2.33. The number of carboxylic acids is 1. The maximum Gasteiger partial charge on any atom is 0.306 e. The summed E-state index contributed by atoms with van der Waals surface area (Å²) in [6.07, 6.45) is -0.320. The first-order valence-corrected chi connectivity index (χ1v) is 8.62. The van der Waals surface area contributed by atoms with Gasteiger partial charge in [0.1, 0.15) is 11.6 Å². The number of aliphatic carboxylic acids is 1. The van der Waals surface area contributed by atoms with Gasteiger partial charge in [-0.3, -0.25) is 9.59 Å². The lowest BCUT2D eigenvalue weighted by molar-refractivity contribution is -0.138. The number of halogens is 1. The van der Waals surface area contributed by atoms with E-state index in [0.29, 0.717) is 5.56 Å². The lowest BCUT2D eigenvalue weighted by Gasteiger charge is -2.29. The number of hydrogen-bond donors (Lipinski definition) is 2. The largest absolute Gasteiger partial charge is 0.481 e. The van der Waals surface area contributed by atoms with E-state index < -0.39 is 23.2 Å². The molecule has 0 fully saturated rings. The minimum Gasteiger partial charge on any atom is -0.481 e. The molecule has 0 saturated heterocycles. The molecule has 1 amide bonds. The van der Waals surface area contributed by atoms with Crippen molar-refractivity contribution in [2.45, 2.75) is 25.8 Å². The van der Waals surface area contributed by atoms with Gasteiger partial charge in [0, 0.05) is 0 Å². The van der Waals surface area contributed by atoms with Crippen LogP contribution in [0, 0.1) is 12.7 Å². The maximum absolute atomic E-state index is 14.0. The first-order chi connectivity index (χ1) is 13.3. The van der Waals surface area contributed by atoms with E-state index >= 15 is 0 Å². The standard InChI is InChI=1S/C21H19FN2O4/c1-13-18(23-20(28-13)15-10-6-7-11-16(15)22)19(27)24-21(2,12-17(25)26)14-8-4-3-5-9-14/h3-11H,12H2,1-2H3,(H,24,27)(H,25,26)/t21-/m0/s1. The number of aromatic nitrogens is 1. The molecule has 0 unspecified atom stereocenters. The molecule has 0 radical (unpaired) electrons. The van der Waals surface area contributed by atoms with Crippen LogP contribution < -0.4 is 5.32 Å². The highest BCUT2D eigenvalue weighted by Crippen LogP contribution is 2.27. The molecule has 0 aliphatic rings. The van der Waals surface area contributed by atoms with E-state index in [4.69, 9.17) is 4.42 Å². The number of benzene rings is 2. The molecule has 0 spiro atoms. The van der Waals surface area contributed by atoms with Crippen LogP contribution in [0.15, 0.2) is 59.0 Å². The molecule has 3 rings (SSSR count). The van der Waals surface area contributed by atoms with Crippen molar-refractivity contribution >= 4 is 11.9 Å². The van der Waals surface area contributed by atoms with Gasteiger partial charge in [0.05, 0.1) is 17.5 Å². The van der Waals surface area contributed by atoms with Gasteiger partial charge in [-0.1, -0.05) is 42.5 Å². The van der Waals surface area contributed by atoms with Crippen molar-refractivity contribution in [2.75, 3.05) is 0 Å². The topological polar surface area (TPSA) is 92.4 Å². The van der Waals surface area contributed by atoms with Gasteiger partial charge in [-0.15, -0.1) is 0 Å². The fourth-order valence-corrected chi connectivity index (χ4v) is 2.99. The van der Waals surface area contributed by atoms with Gasteiger partial charge in [0.15, 0.2) is 5.69 Å². The fraction of sp³-hybridized carbons (Fsp3) is 0.190. The highest BCUT2D eigenvalue weighted by atomic mass is 19.1. The molecule has 2 N–H and O–H groups in total. The Bertz CT molecular complexity index is 1020. The Labute approximate surface area is 161 Å². The maximum atomic E-state index is 14.0.